The number of nitrogens with one attached hydrogen (secondary N) is 1. The van der Waals surface area contributed by atoms with Gasteiger partial charge in [0.25, 0.3) is 0 Å². The summed E-state index contributed by atoms with van der Waals surface area (Å²) in [5.74, 6) is 4.66. The van der Waals surface area contributed by atoms with Crippen LogP contribution in [0.5, 0.6) is 0 Å². The Morgan fingerprint density at radius 1 is 0.917 bits per heavy atom. The Morgan fingerprint density at radius 2 is 1.38 bits per heavy atom. The predicted molar refractivity (Wildman–Crippen MR) is 107 cm³/mol. The first-order valence-electron chi connectivity index (χ1n) is 8.46. The third-order valence-corrected chi connectivity index (χ3v) is 7.07. The maximum atomic E-state index is 11.7. The molecule has 0 amide bonds. The fraction of sp³-hybridized carbons (Fsp3) is 0.400. The molecule has 0 radical (unpaired) electrons. The quantitative estimate of drug-likeness (QED) is 0.852. The second-order valence-electron chi connectivity index (χ2n) is 6.23. The fourth-order valence-electron chi connectivity index (χ4n) is 3.24. The van der Waals surface area contributed by atoms with Crippen molar-refractivity contribution in [1.29, 1.82) is 0 Å². The van der Waals surface area contributed by atoms with Gasteiger partial charge in [-0.3, -0.25) is 0 Å². The first-order valence-corrected chi connectivity index (χ1v) is 10.8. The molecular weight excluding hydrogens is 334 g/mol. The molecule has 0 aromatic heterocycles. The Morgan fingerprint density at radius 3 is 1.83 bits per heavy atom. The van der Waals surface area contributed by atoms with Crippen molar-refractivity contribution >= 4 is 23.5 Å². The summed E-state index contributed by atoms with van der Waals surface area (Å²) in [6.45, 7) is 2.10. The van der Waals surface area contributed by atoms with E-state index in [1.54, 1.807) is 0 Å². The highest BCUT2D eigenvalue weighted by atomic mass is 32.2. The van der Waals surface area contributed by atoms with Gasteiger partial charge in [0.15, 0.2) is 0 Å². The SMILES string of the molecule is C[C@H](NC1CSCCSC1)C(O)(c1ccccc1)c1ccccc1. The Hall–Kier alpha value is -0.940. The molecule has 1 saturated heterocycles. The second-order valence-corrected chi connectivity index (χ2v) is 8.53. The molecule has 0 spiro atoms. The van der Waals surface area contributed by atoms with Crippen LogP contribution in [0, 0.1) is 0 Å². The van der Waals surface area contributed by atoms with Crippen molar-refractivity contribution in [3.63, 3.8) is 0 Å². The van der Waals surface area contributed by atoms with Gasteiger partial charge >= 0.3 is 0 Å². The molecule has 24 heavy (non-hydrogen) atoms. The maximum Gasteiger partial charge on any atom is 0.130 e. The monoisotopic (exact) mass is 359 g/mol. The van der Waals surface area contributed by atoms with Crippen LogP contribution in [-0.4, -0.2) is 40.2 Å². The Bertz CT molecular complexity index is 573. The molecule has 0 bridgehead atoms. The minimum Gasteiger partial charge on any atom is -0.379 e. The Balaban J connectivity index is 1.89. The molecule has 128 valence electrons. The van der Waals surface area contributed by atoms with Gasteiger partial charge in [-0.05, 0) is 18.1 Å². The molecule has 3 rings (SSSR count). The summed E-state index contributed by atoms with van der Waals surface area (Å²) < 4.78 is 0. The summed E-state index contributed by atoms with van der Waals surface area (Å²) >= 11 is 4.01. The third kappa shape index (κ3) is 3.99. The second kappa shape index (κ2) is 8.43. The summed E-state index contributed by atoms with van der Waals surface area (Å²) in [5.41, 5.74) is 0.833. The van der Waals surface area contributed by atoms with Crippen molar-refractivity contribution in [3.05, 3.63) is 71.8 Å². The average Bonchev–Trinajstić information content (AvgIpc) is 2.91. The summed E-state index contributed by atoms with van der Waals surface area (Å²) in [4.78, 5) is 0. The normalized spacial score (nSPS) is 18.1. The van der Waals surface area contributed by atoms with Gasteiger partial charge in [0.2, 0.25) is 0 Å². The van der Waals surface area contributed by atoms with Gasteiger partial charge in [-0.15, -0.1) is 0 Å². The molecular formula is C20H25NOS2. The van der Waals surface area contributed by atoms with Crippen molar-refractivity contribution in [1.82, 2.24) is 5.32 Å². The van der Waals surface area contributed by atoms with Gasteiger partial charge < -0.3 is 10.4 Å². The lowest BCUT2D eigenvalue weighted by molar-refractivity contribution is 0.0411. The van der Waals surface area contributed by atoms with Crippen LogP contribution in [0.15, 0.2) is 60.7 Å². The number of thioether (sulfide) groups is 2. The number of rotatable bonds is 5. The van der Waals surface area contributed by atoms with E-state index < -0.39 is 5.60 Å². The van der Waals surface area contributed by atoms with Gasteiger partial charge in [-0.25, -0.2) is 0 Å². The highest BCUT2D eigenvalue weighted by molar-refractivity contribution is 8.03. The molecule has 2 aromatic carbocycles. The van der Waals surface area contributed by atoms with Gasteiger partial charge in [0.05, 0.1) is 0 Å². The van der Waals surface area contributed by atoms with E-state index >= 15 is 0 Å². The summed E-state index contributed by atoms with van der Waals surface area (Å²) in [7, 11) is 0. The highest BCUT2D eigenvalue weighted by Crippen LogP contribution is 2.33. The Kier molecular flexibility index (Phi) is 6.28. The van der Waals surface area contributed by atoms with Crippen molar-refractivity contribution in [2.75, 3.05) is 23.0 Å². The molecule has 1 aliphatic rings. The molecule has 0 aliphatic carbocycles. The van der Waals surface area contributed by atoms with Crippen LogP contribution in [0.1, 0.15) is 18.1 Å². The highest BCUT2D eigenvalue weighted by Gasteiger charge is 2.38. The molecule has 1 fully saturated rings. The molecule has 2 N–H and O–H groups in total. The first-order chi connectivity index (χ1) is 11.7. The lowest BCUT2D eigenvalue weighted by Crippen LogP contribution is -2.52. The Labute approximate surface area is 153 Å². The zero-order valence-electron chi connectivity index (χ0n) is 14.0. The van der Waals surface area contributed by atoms with E-state index in [4.69, 9.17) is 0 Å². The molecule has 1 aliphatic heterocycles. The number of aliphatic hydroxyl groups is 1. The lowest BCUT2D eigenvalue weighted by atomic mass is 9.80. The van der Waals surface area contributed by atoms with Gasteiger partial charge in [0, 0.05) is 35.1 Å². The topological polar surface area (TPSA) is 32.3 Å². The van der Waals surface area contributed by atoms with E-state index in [1.807, 2.05) is 84.2 Å². The number of hydrogen-bond acceptors (Lipinski definition) is 4. The van der Waals surface area contributed by atoms with Crippen molar-refractivity contribution in [2.45, 2.75) is 24.6 Å². The lowest BCUT2D eigenvalue weighted by Gasteiger charge is -2.37. The molecule has 2 nitrogen and oxygen atoms in total. The van der Waals surface area contributed by atoms with E-state index in [2.05, 4.69) is 12.2 Å². The van der Waals surface area contributed by atoms with Crippen LogP contribution in [0.25, 0.3) is 0 Å². The number of benzene rings is 2. The average molecular weight is 360 g/mol. The predicted octanol–water partition coefficient (Wildman–Crippen LogP) is 3.75. The number of hydrogen-bond donors (Lipinski definition) is 2. The third-order valence-electron chi connectivity index (χ3n) is 4.55. The summed E-state index contributed by atoms with van der Waals surface area (Å²) in [5, 5.41) is 15.5. The van der Waals surface area contributed by atoms with Crippen LogP contribution in [0.2, 0.25) is 0 Å². The van der Waals surface area contributed by atoms with E-state index in [1.165, 1.54) is 11.5 Å². The van der Waals surface area contributed by atoms with Crippen LogP contribution in [-0.2, 0) is 5.60 Å². The van der Waals surface area contributed by atoms with Gasteiger partial charge in [-0.2, -0.15) is 23.5 Å². The van der Waals surface area contributed by atoms with E-state index in [-0.39, 0.29) is 6.04 Å². The van der Waals surface area contributed by atoms with Crippen LogP contribution >= 0.6 is 23.5 Å². The molecule has 0 saturated carbocycles. The molecule has 1 heterocycles. The van der Waals surface area contributed by atoms with Crippen LogP contribution in [0.4, 0.5) is 0 Å². The standard InChI is InChI=1S/C20H25NOS2/c1-16(21-19-14-23-12-13-24-15-19)20(22,17-8-4-2-5-9-17)18-10-6-3-7-11-18/h2-11,16,19,21-22H,12-15H2,1H3/t16-/m0/s1. The molecule has 1 atom stereocenters. The largest absolute Gasteiger partial charge is 0.379 e. The molecule has 4 heteroatoms. The van der Waals surface area contributed by atoms with Crippen molar-refractivity contribution in [3.8, 4) is 0 Å². The van der Waals surface area contributed by atoms with Crippen molar-refractivity contribution in [2.24, 2.45) is 0 Å². The molecule has 0 unspecified atom stereocenters. The van der Waals surface area contributed by atoms with E-state index in [0.717, 1.165) is 22.6 Å². The minimum absolute atomic E-state index is 0.0772. The van der Waals surface area contributed by atoms with Gasteiger partial charge in [0.1, 0.15) is 5.60 Å². The minimum atomic E-state index is -1.04. The summed E-state index contributed by atoms with van der Waals surface area (Å²) in [6, 6.07) is 20.4. The zero-order chi connectivity index (χ0) is 16.8. The molecule has 2 aromatic rings. The fourth-order valence-corrected chi connectivity index (χ4v) is 5.66. The van der Waals surface area contributed by atoms with Crippen LogP contribution in [0.3, 0.4) is 0 Å². The first kappa shape index (κ1) is 17.9. The zero-order valence-corrected chi connectivity index (χ0v) is 15.7. The van der Waals surface area contributed by atoms with Crippen molar-refractivity contribution < 1.29 is 5.11 Å². The smallest absolute Gasteiger partial charge is 0.130 e. The summed E-state index contributed by atoms with van der Waals surface area (Å²) in [6.07, 6.45) is 0. The maximum absolute atomic E-state index is 11.7. The van der Waals surface area contributed by atoms with Crippen LogP contribution < -0.4 is 5.32 Å². The van der Waals surface area contributed by atoms with Gasteiger partial charge in [-0.1, -0.05) is 60.7 Å². The van der Waals surface area contributed by atoms with E-state index in [0.29, 0.717) is 6.04 Å². The van der Waals surface area contributed by atoms with E-state index in [9.17, 15) is 5.11 Å².